The van der Waals surface area contributed by atoms with Crippen molar-refractivity contribution < 1.29 is 4.21 Å². The lowest BCUT2D eigenvalue weighted by Gasteiger charge is -2.24. The summed E-state index contributed by atoms with van der Waals surface area (Å²) in [5.41, 5.74) is 1.22. The highest BCUT2D eigenvalue weighted by atomic mass is 32.2. The molecular formula is C17H27NOS. The average molecular weight is 293 g/mol. The number of benzene rings is 1. The average Bonchev–Trinajstić information content (AvgIpc) is 2.98. The van der Waals surface area contributed by atoms with Crippen LogP contribution in [-0.2, 0) is 10.8 Å². The Morgan fingerprint density at radius 2 is 1.90 bits per heavy atom. The molecule has 2 rings (SSSR count). The van der Waals surface area contributed by atoms with Gasteiger partial charge in [-0.25, -0.2) is 0 Å². The minimum Gasteiger partial charge on any atom is -0.313 e. The maximum absolute atomic E-state index is 12.6. The molecule has 0 aromatic heterocycles. The predicted octanol–water partition coefficient (Wildman–Crippen LogP) is 3.66. The Morgan fingerprint density at radius 1 is 1.25 bits per heavy atom. The van der Waals surface area contributed by atoms with E-state index in [4.69, 9.17) is 0 Å². The largest absolute Gasteiger partial charge is 0.313 e. The lowest BCUT2D eigenvalue weighted by atomic mass is 10.00. The molecule has 2 atom stereocenters. The van der Waals surface area contributed by atoms with Crippen LogP contribution in [0.25, 0.3) is 0 Å². The van der Waals surface area contributed by atoms with Gasteiger partial charge in [0.05, 0.1) is 10.8 Å². The van der Waals surface area contributed by atoms with Gasteiger partial charge >= 0.3 is 0 Å². The molecule has 1 aromatic carbocycles. The number of nitrogens with one attached hydrogen (secondary N) is 1. The van der Waals surface area contributed by atoms with Crippen LogP contribution in [0.1, 0.15) is 44.6 Å². The highest BCUT2D eigenvalue weighted by Crippen LogP contribution is 2.28. The molecule has 112 valence electrons. The second-order valence-electron chi connectivity index (χ2n) is 5.93. The van der Waals surface area contributed by atoms with E-state index in [9.17, 15) is 4.21 Å². The lowest BCUT2D eigenvalue weighted by molar-refractivity contribution is 0.385. The van der Waals surface area contributed by atoms with E-state index in [1.807, 2.05) is 12.1 Å². The van der Waals surface area contributed by atoms with E-state index in [1.54, 1.807) is 0 Å². The second-order valence-corrected chi connectivity index (χ2v) is 7.43. The number of hydrogen-bond acceptors (Lipinski definition) is 2. The Bertz CT molecular complexity index is 423. The van der Waals surface area contributed by atoms with Gasteiger partial charge in [-0.15, -0.1) is 0 Å². The standard InChI is InChI=1S/C17H27NOS/c1-3-12-18-17(15-6-4-5-7-15)13-20(19)16-10-8-14(2)9-11-16/h8-11,15,17-18H,3-7,12-13H2,1-2H3. The van der Waals surface area contributed by atoms with Crippen LogP contribution in [-0.4, -0.2) is 22.5 Å². The van der Waals surface area contributed by atoms with Crippen molar-refractivity contribution in [1.29, 1.82) is 0 Å². The van der Waals surface area contributed by atoms with E-state index >= 15 is 0 Å². The zero-order chi connectivity index (χ0) is 14.4. The van der Waals surface area contributed by atoms with Crippen molar-refractivity contribution in [2.45, 2.75) is 56.9 Å². The van der Waals surface area contributed by atoms with Crippen LogP contribution >= 0.6 is 0 Å². The fourth-order valence-electron chi connectivity index (χ4n) is 3.00. The van der Waals surface area contributed by atoms with Crippen LogP contribution in [0, 0.1) is 12.8 Å². The SMILES string of the molecule is CCCNC(CS(=O)c1ccc(C)cc1)C1CCCC1. The Labute approximate surface area is 125 Å². The molecule has 0 heterocycles. The van der Waals surface area contributed by atoms with Gasteiger partial charge in [0.15, 0.2) is 0 Å². The molecule has 20 heavy (non-hydrogen) atoms. The monoisotopic (exact) mass is 293 g/mol. The van der Waals surface area contributed by atoms with Gasteiger partial charge in [0.1, 0.15) is 0 Å². The Kier molecular flexibility index (Phi) is 6.24. The third kappa shape index (κ3) is 4.42. The molecule has 0 bridgehead atoms. The maximum atomic E-state index is 12.6. The van der Waals surface area contributed by atoms with Crippen LogP contribution in [0.15, 0.2) is 29.2 Å². The highest BCUT2D eigenvalue weighted by molar-refractivity contribution is 7.85. The summed E-state index contributed by atoms with van der Waals surface area (Å²) in [6.45, 7) is 5.29. The first-order valence-electron chi connectivity index (χ1n) is 7.89. The number of hydrogen-bond donors (Lipinski definition) is 1. The molecule has 1 aliphatic carbocycles. The van der Waals surface area contributed by atoms with Crippen LogP contribution in [0.4, 0.5) is 0 Å². The van der Waals surface area contributed by atoms with Crippen molar-refractivity contribution >= 4 is 10.8 Å². The molecule has 1 aromatic rings. The van der Waals surface area contributed by atoms with Crippen molar-refractivity contribution in [2.75, 3.05) is 12.3 Å². The fourth-order valence-corrected chi connectivity index (χ4v) is 4.35. The second kappa shape index (κ2) is 7.94. The lowest BCUT2D eigenvalue weighted by Crippen LogP contribution is -2.40. The van der Waals surface area contributed by atoms with Crippen LogP contribution < -0.4 is 5.32 Å². The summed E-state index contributed by atoms with van der Waals surface area (Å²) < 4.78 is 12.6. The Hall–Kier alpha value is -0.670. The molecule has 2 unspecified atom stereocenters. The van der Waals surface area contributed by atoms with E-state index < -0.39 is 10.8 Å². The topological polar surface area (TPSA) is 29.1 Å². The minimum atomic E-state index is -0.884. The van der Waals surface area contributed by atoms with Crippen molar-refractivity contribution in [2.24, 2.45) is 5.92 Å². The molecule has 0 radical (unpaired) electrons. The fraction of sp³-hybridized carbons (Fsp3) is 0.647. The van der Waals surface area contributed by atoms with Gasteiger partial charge in [-0.3, -0.25) is 4.21 Å². The van der Waals surface area contributed by atoms with E-state index in [0.717, 1.165) is 29.5 Å². The smallest absolute Gasteiger partial charge is 0.0545 e. The third-order valence-electron chi connectivity index (χ3n) is 4.24. The maximum Gasteiger partial charge on any atom is 0.0545 e. The van der Waals surface area contributed by atoms with Crippen molar-refractivity contribution in [3.05, 3.63) is 29.8 Å². The van der Waals surface area contributed by atoms with E-state index in [2.05, 4.69) is 31.3 Å². The molecule has 1 saturated carbocycles. The zero-order valence-corrected chi connectivity index (χ0v) is 13.5. The molecule has 2 nitrogen and oxygen atoms in total. The van der Waals surface area contributed by atoms with E-state index in [1.165, 1.54) is 31.2 Å². The van der Waals surface area contributed by atoms with Gasteiger partial charge in [-0.1, -0.05) is 37.5 Å². The summed E-state index contributed by atoms with van der Waals surface area (Å²) in [4.78, 5) is 0.969. The van der Waals surface area contributed by atoms with Crippen molar-refractivity contribution in [3.8, 4) is 0 Å². The summed E-state index contributed by atoms with van der Waals surface area (Å²) in [6.07, 6.45) is 6.41. The molecule has 0 spiro atoms. The third-order valence-corrected chi connectivity index (χ3v) is 5.70. The van der Waals surface area contributed by atoms with Gasteiger partial charge < -0.3 is 5.32 Å². The first-order valence-corrected chi connectivity index (χ1v) is 9.21. The molecular weight excluding hydrogens is 266 g/mol. The van der Waals surface area contributed by atoms with Gasteiger partial charge in [0.2, 0.25) is 0 Å². The molecule has 3 heteroatoms. The summed E-state index contributed by atoms with van der Waals surface area (Å²) in [5, 5.41) is 3.63. The van der Waals surface area contributed by atoms with Gasteiger partial charge in [-0.05, 0) is 50.8 Å². The first-order chi connectivity index (χ1) is 9.70. The van der Waals surface area contributed by atoms with Crippen molar-refractivity contribution in [3.63, 3.8) is 0 Å². The molecule has 0 aliphatic heterocycles. The Balaban J connectivity index is 1.98. The van der Waals surface area contributed by atoms with Crippen LogP contribution in [0.5, 0.6) is 0 Å². The molecule has 1 aliphatic rings. The van der Waals surface area contributed by atoms with Gasteiger partial charge in [-0.2, -0.15) is 0 Å². The molecule has 0 saturated heterocycles. The molecule has 1 N–H and O–H groups in total. The summed E-state index contributed by atoms with van der Waals surface area (Å²) in [5.74, 6) is 1.48. The van der Waals surface area contributed by atoms with Gasteiger partial charge in [0.25, 0.3) is 0 Å². The zero-order valence-electron chi connectivity index (χ0n) is 12.7. The summed E-state index contributed by atoms with van der Waals surface area (Å²) in [6, 6.07) is 8.54. The normalized spacial score (nSPS) is 19.1. The Morgan fingerprint density at radius 3 is 2.50 bits per heavy atom. The van der Waals surface area contributed by atoms with E-state index in [-0.39, 0.29) is 0 Å². The minimum absolute atomic E-state index is 0.416. The number of aryl methyl sites for hydroxylation is 1. The van der Waals surface area contributed by atoms with Crippen LogP contribution in [0.2, 0.25) is 0 Å². The summed E-state index contributed by atoms with van der Waals surface area (Å²) in [7, 11) is -0.884. The number of rotatable bonds is 7. The van der Waals surface area contributed by atoms with Gasteiger partial charge in [0, 0.05) is 16.7 Å². The predicted molar refractivity (Wildman–Crippen MR) is 86.5 cm³/mol. The van der Waals surface area contributed by atoms with E-state index in [0.29, 0.717) is 6.04 Å². The highest BCUT2D eigenvalue weighted by Gasteiger charge is 2.26. The quantitative estimate of drug-likeness (QED) is 0.831. The summed E-state index contributed by atoms with van der Waals surface area (Å²) >= 11 is 0. The van der Waals surface area contributed by atoms with Crippen LogP contribution in [0.3, 0.4) is 0 Å². The van der Waals surface area contributed by atoms with Crippen molar-refractivity contribution in [1.82, 2.24) is 5.32 Å². The molecule has 0 amide bonds. The first kappa shape index (κ1) is 15.7. The molecule has 1 fully saturated rings.